The lowest BCUT2D eigenvalue weighted by Crippen LogP contribution is -2.27. The van der Waals surface area contributed by atoms with E-state index >= 15 is 0 Å². The van der Waals surface area contributed by atoms with Gasteiger partial charge in [0, 0.05) is 24.7 Å². The summed E-state index contributed by atoms with van der Waals surface area (Å²) in [6, 6.07) is 4.88. The SMILES string of the molecule is CN(C)C(=O)Nc1ccc(Cl)cc1C#CCN. The van der Waals surface area contributed by atoms with Crippen LogP contribution in [0.15, 0.2) is 18.2 Å². The molecule has 1 aromatic carbocycles. The van der Waals surface area contributed by atoms with Crippen LogP contribution in [0, 0.1) is 11.8 Å². The first kappa shape index (κ1) is 13.4. The first-order valence-electron chi connectivity index (χ1n) is 5.01. The molecule has 0 fully saturated rings. The number of amides is 2. The number of anilines is 1. The maximum absolute atomic E-state index is 11.5. The van der Waals surface area contributed by atoms with E-state index in [4.69, 9.17) is 17.3 Å². The van der Waals surface area contributed by atoms with E-state index in [0.29, 0.717) is 16.3 Å². The number of hydrogen-bond donors (Lipinski definition) is 2. The summed E-state index contributed by atoms with van der Waals surface area (Å²) in [5.74, 6) is 5.59. The lowest BCUT2D eigenvalue weighted by Gasteiger charge is -2.13. The predicted octanol–water partition coefficient (Wildman–Crippen LogP) is 1.74. The van der Waals surface area contributed by atoms with Gasteiger partial charge in [-0.1, -0.05) is 23.4 Å². The predicted molar refractivity (Wildman–Crippen MR) is 70.1 cm³/mol. The average Bonchev–Trinajstić information content (AvgIpc) is 2.29. The van der Waals surface area contributed by atoms with Crippen molar-refractivity contribution in [2.24, 2.45) is 5.73 Å². The highest BCUT2D eigenvalue weighted by molar-refractivity contribution is 6.30. The lowest BCUT2D eigenvalue weighted by atomic mass is 10.2. The molecule has 5 heteroatoms. The molecule has 3 N–H and O–H groups in total. The van der Waals surface area contributed by atoms with E-state index in [1.807, 2.05) is 0 Å². The Morgan fingerprint density at radius 2 is 2.24 bits per heavy atom. The Kier molecular flexibility index (Phi) is 4.83. The summed E-state index contributed by atoms with van der Waals surface area (Å²) in [7, 11) is 3.33. The van der Waals surface area contributed by atoms with Crippen molar-refractivity contribution in [2.45, 2.75) is 0 Å². The Morgan fingerprint density at radius 3 is 2.82 bits per heavy atom. The molecule has 90 valence electrons. The molecular formula is C12H14ClN3O. The van der Waals surface area contributed by atoms with Gasteiger partial charge in [0.15, 0.2) is 0 Å². The number of urea groups is 1. The average molecular weight is 252 g/mol. The lowest BCUT2D eigenvalue weighted by molar-refractivity contribution is 0.230. The Hall–Kier alpha value is -1.70. The molecule has 0 aromatic heterocycles. The van der Waals surface area contributed by atoms with Crippen molar-refractivity contribution in [3.8, 4) is 11.8 Å². The van der Waals surface area contributed by atoms with Crippen molar-refractivity contribution < 1.29 is 4.79 Å². The summed E-state index contributed by atoms with van der Waals surface area (Å²) in [6.45, 7) is 0.258. The van der Waals surface area contributed by atoms with Gasteiger partial charge in [0.1, 0.15) is 0 Å². The Balaban J connectivity index is 3.02. The van der Waals surface area contributed by atoms with Gasteiger partial charge in [0.25, 0.3) is 0 Å². The number of halogens is 1. The van der Waals surface area contributed by atoms with Crippen LogP contribution in [0.3, 0.4) is 0 Å². The number of hydrogen-bond acceptors (Lipinski definition) is 2. The normalized spacial score (nSPS) is 9.18. The first-order chi connectivity index (χ1) is 8.04. The third kappa shape index (κ3) is 3.99. The quantitative estimate of drug-likeness (QED) is 0.747. The molecule has 0 saturated heterocycles. The Bertz CT molecular complexity index is 474. The number of nitrogens with one attached hydrogen (secondary N) is 1. The fourth-order valence-electron chi connectivity index (χ4n) is 1.10. The molecule has 17 heavy (non-hydrogen) atoms. The Labute approximate surface area is 106 Å². The van der Waals surface area contributed by atoms with Crippen molar-refractivity contribution in [3.05, 3.63) is 28.8 Å². The second-order valence-electron chi connectivity index (χ2n) is 3.52. The molecule has 4 nitrogen and oxygen atoms in total. The summed E-state index contributed by atoms with van der Waals surface area (Å²) in [5.41, 5.74) is 6.58. The van der Waals surface area contributed by atoms with Crippen LogP contribution in [0.5, 0.6) is 0 Å². The third-order valence-electron chi connectivity index (χ3n) is 1.95. The van der Waals surface area contributed by atoms with E-state index in [1.165, 1.54) is 4.90 Å². The summed E-state index contributed by atoms with van der Waals surface area (Å²) in [5, 5.41) is 3.30. The monoisotopic (exact) mass is 251 g/mol. The van der Waals surface area contributed by atoms with Gasteiger partial charge in [-0.3, -0.25) is 0 Å². The van der Waals surface area contributed by atoms with Gasteiger partial charge < -0.3 is 16.0 Å². The molecule has 2 amide bonds. The highest BCUT2D eigenvalue weighted by Gasteiger charge is 2.07. The second kappa shape index (κ2) is 6.14. The van der Waals surface area contributed by atoms with Crippen molar-refractivity contribution in [3.63, 3.8) is 0 Å². The fourth-order valence-corrected chi connectivity index (χ4v) is 1.27. The summed E-state index contributed by atoms with van der Waals surface area (Å²) in [4.78, 5) is 13.0. The van der Waals surface area contributed by atoms with Gasteiger partial charge >= 0.3 is 6.03 Å². The van der Waals surface area contributed by atoms with Crippen molar-refractivity contribution in [1.29, 1.82) is 0 Å². The molecule has 0 aliphatic rings. The minimum atomic E-state index is -0.219. The number of nitrogens with zero attached hydrogens (tertiary/aromatic N) is 1. The van der Waals surface area contributed by atoms with Gasteiger partial charge in [-0.25, -0.2) is 4.79 Å². The smallest absolute Gasteiger partial charge is 0.321 e. The number of rotatable bonds is 1. The largest absolute Gasteiger partial charge is 0.331 e. The van der Waals surface area contributed by atoms with E-state index in [-0.39, 0.29) is 12.6 Å². The number of benzene rings is 1. The van der Waals surface area contributed by atoms with E-state index in [2.05, 4.69) is 17.2 Å². The maximum atomic E-state index is 11.5. The molecule has 1 rings (SSSR count). The Morgan fingerprint density at radius 1 is 1.53 bits per heavy atom. The zero-order valence-corrected chi connectivity index (χ0v) is 10.5. The van der Waals surface area contributed by atoms with Gasteiger partial charge in [-0.05, 0) is 18.2 Å². The molecule has 0 spiro atoms. The van der Waals surface area contributed by atoms with Crippen LogP contribution in [-0.2, 0) is 0 Å². The molecule has 0 unspecified atom stereocenters. The highest BCUT2D eigenvalue weighted by Crippen LogP contribution is 2.20. The molecule has 0 aliphatic carbocycles. The molecule has 0 bridgehead atoms. The maximum Gasteiger partial charge on any atom is 0.321 e. The standard InChI is InChI=1S/C12H14ClN3O/c1-16(2)12(17)15-11-6-5-10(13)8-9(11)4-3-7-14/h5-6,8H,7,14H2,1-2H3,(H,15,17). The molecular weight excluding hydrogens is 238 g/mol. The van der Waals surface area contributed by atoms with Crippen LogP contribution in [0.1, 0.15) is 5.56 Å². The van der Waals surface area contributed by atoms with E-state index in [1.54, 1.807) is 32.3 Å². The van der Waals surface area contributed by atoms with Crippen molar-refractivity contribution in [1.82, 2.24) is 4.90 Å². The van der Waals surface area contributed by atoms with Gasteiger partial charge in [-0.15, -0.1) is 0 Å². The fraction of sp³-hybridized carbons (Fsp3) is 0.250. The van der Waals surface area contributed by atoms with E-state index in [0.717, 1.165) is 0 Å². The van der Waals surface area contributed by atoms with E-state index in [9.17, 15) is 4.79 Å². The minimum Gasteiger partial charge on any atom is -0.331 e. The van der Waals surface area contributed by atoms with Crippen LogP contribution >= 0.6 is 11.6 Å². The number of nitrogens with two attached hydrogens (primary N) is 1. The van der Waals surface area contributed by atoms with Gasteiger partial charge in [0.2, 0.25) is 0 Å². The first-order valence-corrected chi connectivity index (χ1v) is 5.39. The molecule has 0 aliphatic heterocycles. The number of carbonyl (C=O) groups is 1. The highest BCUT2D eigenvalue weighted by atomic mass is 35.5. The molecule has 0 heterocycles. The molecule has 0 radical (unpaired) electrons. The van der Waals surface area contributed by atoms with Crippen LogP contribution < -0.4 is 11.1 Å². The van der Waals surface area contributed by atoms with Gasteiger partial charge in [-0.2, -0.15) is 0 Å². The van der Waals surface area contributed by atoms with Crippen LogP contribution in [0.25, 0.3) is 0 Å². The summed E-state index contributed by atoms with van der Waals surface area (Å²) in [6.07, 6.45) is 0. The van der Waals surface area contributed by atoms with Crippen LogP contribution in [-0.4, -0.2) is 31.6 Å². The molecule has 0 atom stereocenters. The zero-order chi connectivity index (χ0) is 12.8. The van der Waals surface area contributed by atoms with E-state index < -0.39 is 0 Å². The summed E-state index contributed by atoms with van der Waals surface area (Å²) >= 11 is 5.87. The molecule has 1 aromatic rings. The van der Waals surface area contributed by atoms with Crippen LogP contribution in [0.4, 0.5) is 10.5 Å². The topological polar surface area (TPSA) is 58.4 Å². The third-order valence-corrected chi connectivity index (χ3v) is 2.19. The van der Waals surface area contributed by atoms with Crippen molar-refractivity contribution in [2.75, 3.05) is 26.0 Å². The summed E-state index contributed by atoms with van der Waals surface area (Å²) < 4.78 is 0. The minimum absolute atomic E-state index is 0.219. The second-order valence-corrected chi connectivity index (χ2v) is 3.96. The zero-order valence-electron chi connectivity index (χ0n) is 9.75. The molecule has 0 saturated carbocycles. The number of carbonyl (C=O) groups excluding carboxylic acids is 1. The van der Waals surface area contributed by atoms with Crippen molar-refractivity contribution >= 4 is 23.3 Å². The van der Waals surface area contributed by atoms with Crippen LogP contribution in [0.2, 0.25) is 5.02 Å². The van der Waals surface area contributed by atoms with Gasteiger partial charge in [0.05, 0.1) is 12.2 Å².